The first-order chi connectivity index (χ1) is 18.0. The van der Waals surface area contributed by atoms with E-state index < -0.39 is 5.92 Å². The number of amides is 2. The number of carbonyl (C=O) groups excluding carboxylic acids is 3. The van der Waals surface area contributed by atoms with Crippen molar-refractivity contribution in [2.75, 3.05) is 26.3 Å². The number of hydrogen-bond acceptors (Lipinski definition) is 5. The summed E-state index contributed by atoms with van der Waals surface area (Å²) in [5, 5.41) is 9.58. The highest BCUT2D eigenvalue weighted by Crippen LogP contribution is 2.26. The highest BCUT2D eigenvalue weighted by Gasteiger charge is 2.36. The van der Waals surface area contributed by atoms with Gasteiger partial charge in [0.05, 0.1) is 30.5 Å². The summed E-state index contributed by atoms with van der Waals surface area (Å²) in [6, 6.07) is 9.56. The molecular formula is C30H42N2O5. The quantitative estimate of drug-likeness (QED) is 0.303. The number of aliphatic hydroxyl groups is 1. The molecule has 2 heterocycles. The molecule has 2 aliphatic rings. The van der Waals surface area contributed by atoms with Gasteiger partial charge in [-0.05, 0) is 56.9 Å². The lowest BCUT2D eigenvalue weighted by Gasteiger charge is -2.30. The van der Waals surface area contributed by atoms with Crippen LogP contribution in [0.2, 0.25) is 0 Å². The highest BCUT2D eigenvalue weighted by molar-refractivity contribution is 5.86. The van der Waals surface area contributed by atoms with Gasteiger partial charge in [-0.25, -0.2) is 0 Å². The predicted octanol–water partition coefficient (Wildman–Crippen LogP) is 3.91. The monoisotopic (exact) mass is 510 g/mol. The van der Waals surface area contributed by atoms with E-state index in [1.54, 1.807) is 15.9 Å². The van der Waals surface area contributed by atoms with Crippen LogP contribution in [0.3, 0.4) is 0 Å². The Morgan fingerprint density at radius 2 is 1.70 bits per heavy atom. The van der Waals surface area contributed by atoms with Gasteiger partial charge in [-0.15, -0.1) is 13.2 Å². The Labute approximate surface area is 221 Å². The molecule has 2 saturated heterocycles. The van der Waals surface area contributed by atoms with Crippen LogP contribution in [0.1, 0.15) is 56.9 Å². The van der Waals surface area contributed by atoms with E-state index in [4.69, 9.17) is 4.74 Å². The van der Waals surface area contributed by atoms with Crippen LogP contribution in [0.15, 0.2) is 55.6 Å². The van der Waals surface area contributed by atoms with Gasteiger partial charge < -0.3 is 19.6 Å². The lowest BCUT2D eigenvalue weighted by atomic mass is 9.95. The first-order valence-electron chi connectivity index (χ1n) is 13.6. The zero-order valence-corrected chi connectivity index (χ0v) is 21.9. The molecule has 7 nitrogen and oxygen atoms in total. The van der Waals surface area contributed by atoms with E-state index in [-0.39, 0.29) is 55.4 Å². The number of aliphatic hydroxyl groups excluding tert-OH is 1. The molecule has 3 rings (SSSR count). The lowest BCUT2D eigenvalue weighted by Crippen LogP contribution is -2.45. The molecule has 2 aliphatic heterocycles. The Bertz CT molecular complexity index is 918. The van der Waals surface area contributed by atoms with Gasteiger partial charge in [0.2, 0.25) is 11.8 Å². The summed E-state index contributed by atoms with van der Waals surface area (Å²) in [5.74, 6) is -1.19. The number of likely N-dealkylation sites (tertiary alicyclic amines) is 2. The third-order valence-corrected chi connectivity index (χ3v) is 7.59. The normalized spacial score (nSPS) is 20.9. The first-order valence-corrected chi connectivity index (χ1v) is 13.6. The smallest absolute Gasteiger partial charge is 0.309 e. The van der Waals surface area contributed by atoms with Gasteiger partial charge in [-0.2, -0.15) is 0 Å². The molecule has 0 spiro atoms. The van der Waals surface area contributed by atoms with Crippen molar-refractivity contribution in [2.45, 2.75) is 69.9 Å². The van der Waals surface area contributed by atoms with Gasteiger partial charge in [-0.3, -0.25) is 14.4 Å². The van der Waals surface area contributed by atoms with Crippen LogP contribution in [0.25, 0.3) is 0 Å². The Morgan fingerprint density at radius 1 is 1.00 bits per heavy atom. The van der Waals surface area contributed by atoms with Crippen LogP contribution < -0.4 is 0 Å². The summed E-state index contributed by atoms with van der Waals surface area (Å²) in [6.07, 6.45) is 9.28. The molecule has 1 aromatic carbocycles. The predicted molar refractivity (Wildman–Crippen MR) is 144 cm³/mol. The molecule has 0 bridgehead atoms. The minimum Gasteiger partial charge on any atom is -0.463 e. The second-order valence-corrected chi connectivity index (χ2v) is 10.2. The zero-order valence-electron chi connectivity index (χ0n) is 21.9. The van der Waals surface area contributed by atoms with Gasteiger partial charge in [0.25, 0.3) is 0 Å². The maximum Gasteiger partial charge on any atom is 0.309 e. The molecule has 2 fully saturated rings. The van der Waals surface area contributed by atoms with Crippen molar-refractivity contribution < 1.29 is 24.2 Å². The van der Waals surface area contributed by atoms with Crippen molar-refractivity contribution in [3.8, 4) is 0 Å². The van der Waals surface area contributed by atoms with Gasteiger partial charge in [0.15, 0.2) is 0 Å². The van der Waals surface area contributed by atoms with Gasteiger partial charge >= 0.3 is 5.97 Å². The highest BCUT2D eigenvalue weighted by atomic mass is 16.5. The van der Waals surface area contributed by atoms with Crippen LogP contribution in [0.4, 0.5) is 0 Å². The summed E-state index contributed by atoms with van der Waals surface area (Å²) in [5.41, 5.74) is 1.09. The second-order valence-electron chi connectivity index (χ2n) is 10.2. The van der Waals surface area contributed by atoms with Crippen LogP contribution >= 0.6 is 0 Å². The largest absolute Gasteiger partial charge is 0.463 e. The Morgan fingerprint density at radius 3 is 2.38 bits per heavy atom. The number of benzene rings is 1. The summed E-state index contributed by atoms with van der Waals surface area (Å²) >= 11 is 0. The molecular weight excluding hydrogens is 468 g/mol. The zero-order chi connectivity index (χ0) is 26.6. The van der Waals surface area contributed by atoms with Crippen molar-refractivity contribution >= 4 is 17.8 Å². The Hall–Kier alpha value is -2.93. The molecule has 0 aliphatic carbocycles. The van der Waals surface area contributed by atoms with E-state index in [0.29, 0.717) is 32.4 Å². The van der Waals surface area contributed by atoms with Crippen LogP contribution in [0, 0.1) is 11.8 Å². The number of allylic oxidation sites excluding steroid dienone is 2. The van der Waals surface area contributed by atoms with Gasteiger partial charge in [0.1, 0.15) is 6.61 Å². The standard InChI is InChI=1S/C30H42N2O5/c1-3-5-14-25(19-23-12-7-6-8-13-23)30(36)37-22-27-16-10-18-32(27)29(35)24(11-4-2)20-28(34)31-17-9-15-26(31)21-33/h3-4,6-8,12-13,24-27,33H,1-2,5,9-11,14-22H2/t24-,25-,26+,27+/m1/s1. The van der Waals surface area contributed by atoms with Crippen molar-refractivity contribution in [3.05, 3.63) is 61.2 Å². The van der Waals surface area contributed by atoms with Crippen molar-refractivity contribution in [1.82, 2.24) is 9.80 Å². The van der Waals surface area contributed by atoms with Crippen LogP contribution in [-0.2, 0) is 25.5 Å². The molecule has 0 unspecified atom stereocenters. The van der Waals surface area contributed by atoms with Gasteiger partial charge in [-0.1, -0.05) is 42.5 Å². The van der Waals surface area contributed by atoms with Crippen LogP contribution in [0.5, 0.6) is 0 Å². The minimum atomic E-state index is -0.500. The topological polar surface area (TPSA) is 87.2 Å². The molecule has 1 N–H and O–H groups in total. The minimum absolute atomic E-state index is 0.0521. The Kier molecular flexibility index (Phi) is 11.4. The average molecular weight is 511 g/mol. The number of nitrogens with zero attached hydrogens (tertiary/aromatic N) is 2. The molecule has 202 valence electrons. The van der Waals surface area contributed by atoms with E-state index in [0.717, 1.165) is 37.7 Å². The number of ether oxygens (including phenoxy) is 1. The molecule has 7 heteroatoms. The van der Waals surface area contributed by atoms with Crippen molar-refractivity contribution in [3.63, 3.8) is 0 Å². The van der Waals surface area contributed by atoms with E-state index in [1.807, 2.05) is 36.4 Å². The molecule has 0 saturated carbocycles. The summed E-state index contributed by atoms with van der Waals surface area (Å²) in [6.45, 7) is 8.90. The second kappa shape index (κ2) is 14.7. The van der Waals surface area contributed by atoms with E-state index in [1.165, 1.54) is 0 Å². The summed E-state index contributed by atoms with van der Waals surface area (Å²) in [4.78, 5) is 43.0. The lowest BCUT2D eigenvalue weighted by molar-refractivity contribution is -0.153. The van der Waals surface area contributed by atoms with Crippen LogP contribution in [-0.4, -0.2) is 71.1 Å². The molecule has 0 aromatic heterocycles. The number of rotatable bonds is 14. The fraction of sp³-hybridized carbons (Fsp3) is 0.567. The van der Waals surface area contributed by atoms with E-state index in [9.17, 15) is 19.5 Å². The number of hydrogen-bond donors (Lipinski definition) is 1. The molecule has 4 atom stereocenters. The van der Waals surface area contributed by atoms with E-state index in [2.05, 4.69) is 13.2 Å². The first kappa shape index (κ1) is 28.6. The van der Waals surface area contributed by atoms with Gasteiger partial charge in [0, 0.05) is 19.5 Å². The molecule has 37 heavy (non-hydrogen) atoms. The third kappa shape index (κ3) is 8.03. The molecule has 1 aromatic rings. The summed E-state index contributed by atoms with van der Waals surface area (Å²) < 4.78 is 5.78. The number of carbonyl (C=O) groups is 3. The SMILES string of the molecule is C=CCC[C@H](Cc1ccccc1)C(=O)OC[C@@H]1CCCN1C(=O)[C@H](CC=C)CC(=O)N1CCC[C@H]1CO. The fourth-order valence-corrected chi connectivity index (χ4v) is 5.51. The van der Waals surface area contributed by atoms with Crippen molar-refractivity contribution in [1.29, 1.82) is 0 Å². The third-order valence-electron chi connectivity index (χ3n) is 7.59. The average Bonchev–Trinajstić information content (AvgIpc) is 3.59. The molecule has 2 amide bonds. The Balaban J connectivity index is 1.59. The molecule has 0 radical (unpaired) electrons. The summed E-state index contributed by atoms with van der Waals surface area (Å²) in [7, 11) is 0. The number of esters is 1. The van der Waals surface area contributed by atoms with Crippen molar-refractivity contribution in [2.24, 2.45) is 11.8 Å². The fourth-order valence-electron chi connectivity index (χ4n) is 5.51. The maximum absolute atomic E-state index is 13.5. The maximum atomic E-state index is 13.5. The van der Waals surface area contributed by atoms with E-state index >= 15 is 0 Å².